The van der Waals surface area contributed by atoms with Crippen LogP contribution in [0, 0.1) is 11.7 Å². The number of thiazole rings is 1. The summed E-state index contributed by atoms with van der Waals surface area (Å²) in [5, 5.41) is 7.61. The van der Waals surface area contributed by atoms with Gasteiger partial charge in [-0.25, -0.2) is 9.37 Å². The molecule has 0 spiro atoms. The largest absolute Gasteiger partial charge is 0.359 e. The quantitative estimate of drug-likeness (QED) is 0.746. The Bertz CT molecular complexity index is 842. The van der Waals surface area contributed by atoms with Crippen molar-refractivity contribution in [1.82, 2.24) is 10.3 Å². The summed E-state index contributed by atoms with van der Waals surface area (Å²) in [4.78, 5) is 17.6. The predicted molar refractivity (Wildman–Crippen MR) is 112 cm³/mol. The lowest BCUT2D eigenvalue weighted by Crippen LogP contribution is -2.33. The van der Waals surface area contributed by atoms with E-state index in [-0.39, 0.29) is 11.7 Å². The molecule has 1 saturated carbocycles. The number of carbonyl (C=O) groups is 1. The molecule has 1 fully saturated rings. The summed E-state index contributed by atoms with van der Waals surface area (Å²) in [5.74, 6) is 0.528. The van der Waals surface area contributed by atoms with E-state index in [0.29, 0.717) is 18.4 Å². The highest BCUT2D eigenvalue weighted by Gasteiger charge is 2.24. The van der Waals surface area contributed by atoms with Crippen LogP contribution in [0.2, 0.25) is 0 Å². The van der Waals surface area contributed by atoms with Crippen molar-refractivity contribution in [1.29, 1.82) is 0 Å². The van der Waals surface area contributed by atoms with Crippen molar-refractivity contribution < 1.29 is 9.18 Å². The number of nitrogens with one attached hydrogen (secondary N) is 2. The van der Waals surface area contributed by atoms with E-state index >= 15 is 0 Å². The monoisotopic (exact) mass is 401 g/mol. The fourth-order valence-electron chi connectivity index (χ4n) is 4.29. The minimum Gasteiger partial charge on any atom is -0.359 e. The van der Waals surface area contributed by atoms with Crippen LogP contribution < -0.4 is 10.6 Å². The van der Waals surface area contributed by atoms with Gasteiger partial charge in [0.15, 0.2) is 5.13 Å². The van der Waals surface area contributed by atoms with Gasteiger partial charge in [-0.05, 0) is 68.6 Å². The molecule has 0 atom stereocenters. The number of hydrogen-bond acceptors (Lipinski definition) is 4. The van der Waals surface area contributed by atoms with Gasteiger partial charge in [0.05, 0.1) is 5.69 Å². The number of amides is 1. The number of benzene rings is 1. The summed E-state index contributed by atoms with van der Waals surface area (Å²) in [6.45, 7) is 2.69. The van der Waals surface area contributed by atoms with E-state index in [9.17, 15) is 9.18 Å². The van der Waals surface area contributed by atoms with Gasteiger partial charge >= 0.3 is 0 Å². The molecule has 4 rings (SSSR count). The Kier molecular flexibility index (Phi) is 5.95. The Balaban J connectivity index is 1.39. The Morgan fingerprint density at radius 2 is 2.07 bits per heavy atom. The van der Waals surface area contributed by atoms with Crippen LogP contribution in [-0.4, -0.2) is 23.5 Å². The highest BCUT2D eigenvalue weighted by molar-refractivity contribution is 7.16. The first-order valence-corrected chi connectivity index (χ1v) is 11.3. The van der Waals surface area contributed by atoms with Crippen LogP contribution in [0.25, 0.3) is 11.3 Å². The molecule has 1 aromatic carbocycles. The van der Waals surface area contributed by atoms with Crippen LogP contribution in [0.5, 0.6) is 0 Å². The molecule has 0 aliphatic heterocycles. The van der Waals surface area contributed by atoms with Gasteiger partial charge in [0, 0.05) is 29.4 Å². The molecule has 0 saturated heterocycles. The zero-order chi connectivity index (χ0) is 19.5. The zero-order valence-electron chi connectivity index (χ0n) is 16.4. The second-order valence-electron chi connectivity index (χ2n) is 7.97. The van der Waals surface area contributed by atoms with Gasteiger partial charge in [0.1, 0.15) is 5.82 Å². The highest BCUT2D eigenvalue weighted by Crippen LogP contribution is 2.38. The Hall–Kier alpha value is -1.95. The summed E-state index contributed by atoms with van der Waals surface area (Å²) >= 11 is 1.73. The maximum atomic E-state index is 13.8. The molecule has 0 bridgehead atoms. The number of fused-ring (bicyclic) bond motifs is 3. The van der Waals surface area contributed by atoms with Crippen molar-refractivity contribution in [3.63, 3.8) is 0 Å². The number of aromatic nitrogens is 1. The van der Waals surface area contributed by atoms with Crippen LogP contribution >= 0.6 is 11.3 Å². The Labute approximate surface area is 170 Å². The van der Waals surface area contributed by atoms with Crippen molar-refractivity contribution in [2.45, 2.75) is 64.3 Å². The first-order valence-electron chi connectivity index (χ1n) is 10.4. The van der Waals surface area contributed by atoms with Crippen molar-refractivity contribution in [3.8, 4) is 11.3 Å². The summed E-state index contributed by atoms with van der Waals surface area (Å²) in [6, 6.07) is 5.53. The van der Waals surface area contributed by atoms with Crippen LogP contribution in [0.15, 0.2) is 18.2 Å². The van der Waals surface area contributed by atoms with Gasteiger partial charge in [-0.2, -0.15) is 0 Å². The van der Waals surface area contributed by atoms with Gasteiger partial charge in [-0.3, -0.25) is 4.79 Å². The third kappa shape index (κ3) is 4.37. The van der Waals surface area contributed by atoms with E-state index in [0.717, 1.165) is 67.9 Å². The van der Waals surface area contributed by atoms with Crippen LogP contribution in [0.3, 0.4) is 0 Å². The maximum absolute atomic E-state index is 13.8. The van der Waals surface area contributed by atoms with Gasteiger partial charge in [-0.15, -0.1) is 11.3 Å². The molecule has 0 unspecified atom stereocenters. The minimum atomic E-state index is -0.192. The molecule has 4 nitrogen and oxygen atoms in total. The highest BCUT2D eigenvalue weighted by atomic mass is 32.1. The number of carbonyl (C=O) groups excluding carboxylic acids is 1. The number of hydrogen-bond donors (Lipinski definition) is 2. The number of anilines is 1. The molecule has 1 amide bonds. The van der Waals surface area contributed by atoms with Gasteiger partial charge < -0.3 is 10.6 Å². The smallest absolute Gasteiger partial charge is 0.219 e. The van der Waals surface area contributed by atoms with E-state index in [1.54, 1.807) is 23.5 Å². The van der Waals surface area contributed by atoms with E-state index < -0.39 is 0 Å². The summed E-state index contributed by atoms with van der Waals surface area (Å²) in [5.41, 5.74) is 3.13. The average molecular weight is 402 g/mol. The van der Waals surface area contributed by atoms with Crippen LogP contribution in [-0.2, 0) is 17.6 Å². The van der Waals surface area contributed by atoms with E-state index in [1.165, 1.54) is 10.4 Å². The van der Waals surface area contributed by atoms with Gasteiger partial charge in [0.25, 0.3) is 0 Å². The number of halogens is 1. The fraction of sp³-hybridized carbons (Fsp3) is 0.545. The molecule has 28 heavy (non-hydrogen) atoms. The standard InChI is InChI=1S/C22H28FN3OS/c1-2-20(27)24-13-14-6-10-17(11-7-14)25-22-26-21-18-12-16(23)9-8-15(18)4-3-5-19(21)28-22/h8-9,12,14,17H,2-7,10-11,13H2,1H3,(H,24,27)(H,25,26). The van der Waals surface area contributed by atoms with E-state index in [2.05, 4.69) is 10.6 Å². The summed E-state index contributed by atoms with van der Waals surface area (Å²) in [6.07, 6.45) is 8.08. The molecule has 0 radical (unpaired) electrons. The molecule has 2 aliphatic rings. The van der Waals surface area contributed by atoms with Crippen LogP contribution in [0.4, 0.5) is 9.52 Å². The second kappa shape index (κ2) is 8.60. The topological polar surface area (TPSA) is 54.0 Å². The Morgan fingerprint density at radius 1 is 1.25 bits per heavy atom. The molecule has 2 N–H and O–H groups in total. The summed E-state index contributed by atoms with van der Waals surface area (Å²) < 4.78 is 13.8. The van der Waals surface area contributed by atoms with Crippen LogP contribution in [0.1, 0.15) is 55.9 Å². The normalized spacial score (nSPS) is 21.4. The predicted octanol–water partition coefficient (Wildman–Crippen LogP) is 4.93. The molecule has 2 aliphatic carbocycles. The minimum absolute atomic E-state index is 0.140. The molecule has 2 aromatic rings. The third-order valence-electron chi connectivity index (χ3n) is 5.96. The van der Waals surface area contributed by atoms with E-state index in [4.69, 9.17) is 4.98 Å². The fourth-order valence-corrected chi connectivity index (χ4v) is 5.38. The SMILES string of the molecule is CCC(=O)NCC1CCC(Nc2nc3c(s2)CCCc2ccc(F)cc2-3)CC1. The lowest BCUT2D eigenvalue weighted by atomic mass is 9.86. The average Bonchev–Trinajstić information content (AvgIpc) is 3.03. The first-order chi connectivity index (χ1) is 13.6. The Morgan fingerprint density at radius 3 is 2.86 bits per heavy atom. The first kappa shape index (κ1) is 19.4. The van der Waals surface area contributed by atoms with Crippen molar-refractivity contribution in [3.05, 3.63) is 34.5 Å². The molecule has 1 aromatic heterocycles. The molecule has 1 heterocycles. The molecule has 6 heteroatoms. The lowest BCUT2D eigenvalue weighted by Gasteiger charge is -2.29. The molecule has 150 valence electrons. The van der Waals surface area contributed by atoms with Gasteiger partial charge in [0.2, 0.25) is 5.91 Å². The van der Waals surface area contributed by atoms with Gasteiger partial charge in [-0.1, -0.05) is 13.0 Å². The van der Waals surface area contributed by atoms with E-state index in [1.807, 2.05) is 13.0 Å². The molecular weight excluding hydrogens is 373 g/mol. The maximum Gasteiger partial charge on any atom is 0.219 e. The van der Waals surface area contributed by atoms with Crippen molar-refractivity contribution in [2.24, 2.45) is 5.92 Å². The summed E-state index contributed by atoms with van der Waals surface area (Å²) in [7, 11) is 0. The number of nitrogens with zero attached hydrogens (tertiary/aromatic N) is 1. The number of rotatable bonds is 5. The van der Waals surface area contributed by atoms with Crippen molar-refractivity contribution >= 4 is 22.4 Å². The number of aryl methyl sites for hydroxylation is 2. The lowest BCUT2D eigenvalue weighted by molar-refractivity contribution is -0.121. The second-order valence-corrected chi connectivity index (χ2v) is 9.05. The molecular formula is C22H28FN3OS. The third-order valence-corrected chi connectivity index (χ3v) is 7.00. The zero-order valence-corrected chi connectivity index (χ0v) is 17.2. The van der Waals surface area contributed by atoms with Crippen molar-refractivity contribution in [2.75, 3.05) is 11.9 Å².